The van der Waals surface area contributed by atoms with Crippen molar-refractivity contribution in [2.45, 2.75) is 18.9 Å². The van der Waals surface area contributed by atoms with Crippen LogP contribution in [-0.4, -0.2) is 19.0 Å². The number of anilines is 1. The molecular formula is C11H13FN2O. The predicted octanol–water partition coefficient (Wildman–Crippen LogP) is 1.06. The fourth-order valence-corrected chi connectivity index (χ4v) is 1.88. The van der Waals surface area contributed by atoms with E-state index in [0.29, 0.717) is 12.8 Å². The molecule has 1 aliphatic heterocycles. The zero-order chi connectivity index (χ0) is 11.0. The van der Waals surface area contributed by atoms with E-state index in [2.05, 4.69) is 0 Å². The SMILES string of the molecule is CN1C(=O)C(N)CCc2cc(F)ccc21. The number of halogens is 1. The third-order valence-electron chi connectivity index (χ3n) is 2.78. The average Bonchev–Trinajstić information content (AvgIpc) is 2.32. The van der Waals surface area contributed by atoms with E-state index in [1.54, 1.807) is 13.1 Å². The summed E-state index contributed by atoms with van der Waals surface area (Å²) in [6.45, 7) is 0. The number of aryl methyl sites for hydroxylation is 1. The molecule has 1 aromatic carbocycles. The summed E-state index contributed by atoms with van der Waals surface area (Å²) in [5.74, 6) is -0.384. The summed E-state index contributed by atoms with van der Waals surface area (Å²) in [5.41, 5.74) is 7.31. The van der Waals surface area contributed by atoms with Crippen molar-refractivity contribution in [3.8, 4) is 0 Å². The number of hydrogen-bond acceptors (Lipinski definition) is 2. The number of carbonyl (C=O) groups is 1. The summed E-state index contributed by atoms with van der Waals surface area (Å²) in [4.78, 5) is 13.2. The number of benzene rings is 1. The third kappa shape index (κ3) is 1.72. The smallest absolute Gasteiger partial charge is 0.243 e. The van der Waals surface area contributed by atoms with Crippen LogP contribution in [0.1, 0.15) is 12.0 Å². The van der Waals surface area contributed by atoms with Gasteiger partial charge in [-0.2, -0.15) is 0 Å². The van der Waals surface area contributed by atoms with Gasteiger partial charge in [0.25, 0.3) is 0 Å². The highest BCUT2D eigenvalue weighted by Crippen LogP contribution is 2.26. The molecule has 0 bridgehead atoms. The third-order valence-corrected chi connectivity index (χ3v) is 2.78. The Kier molecular flexibility index (Phi) is 2.44. The molecule has 3 nitrogen and oxygen atoms in total. The van der Waals surface area contributed by atoms with E-state index in [0.717, 1.165) is 11.3 Å². The van der Waals surface area contributed by atoms with Gasteiger partial charge in [0.05, 0.1) is 6.04 Å². The maximum absolute atomic E-state index is 13.0. The Hall–Kier alpha value is -1.42. The minimum absolute atomic E-state index is 0.111. The number of amides is 1. The number of hydrogen-bond donors (Lipinski definition) is 1. The Labute approximate surface area is 87.7 Å². The van der Waals surface area contributed by atoms with Crippen LogP contribution in [0.15, 0.2) is 18.2 Å². The summed E-state index contributed by atoms with van der Waals surface area (Å²) in [5, 5.41) is 0. The fourth-order valence-electron chi connectivity index (χ4n) is 1.88. The minimum atomic E-state index is -0.481. The molecule has 1 aromatic rings. The molecule has 0 saturated carbocycles. The normalized spacial score (nSPS) is 21.1. The van der Waals surface area contributed by atoms with Gasteiger partial charge >= 0.3 is 0 Å². The molecule has 0 radical (unpaired) electrons. The maximum Gasteiger partial charge on any atom is 0.243 e. The molecule has 2 N–H and O–H groups in total. The minimum Gasteiger partial charge on any atom is -0.320 e. The number of rotatable bonds is 0. The van der Waals surface area contributed by atoms with E-state index in [1.165, 1.54) is 17.0 Å². The lowest BCUT2D eigenvalue weighted by Crippen LogP contribution is -2.40. The molecule has 2 rings (SSSR count). The van der Waals surface area contributed by atoms with Gasteiger partial charge in [-0.1, -0.05) is 0 Å². The molecule has 4 heteroatoms. The van der Waals surface area contributed by atoms with Crippen LogP contribution in [0.2, 0.25) is 0 Å². The highest BCUT2D eigenvalue weighted by molar-refractivity contribution is 5.97. The molecule has 1 atom stereocenters. The average molecular weight is 208 g/mol. The van der Waals surface area contributed by atoms with Crippen molar-refractivity contribution >= 4 is 11.6 Å². The molecule has 1 aliphatic rings. The Morgan fingerprint density at radius 2 is 2.27 bits per heavy atom. The second-order valence-corrected chi connectivity index (χ2v) is 3.82. The molecule has 0 aromatic heterocycles. The summed E-state index contributed by atoms with van der Waals surface area (Å²) < 4.78 is 13.0. The molecule has 1 heterocycles. The first kappa shape index (κ1) is 10.1. The number of nitrogens with zero attached hydrogens (tertiary/aromatic N) is 1. The van der Waals surface area contributed by atoms with E-state index in [-0.39, 0.29) is 11.7 Å². The van der Waals surface area contributed by atoms with Crippen molar-refractivity contribution < 1.29 is 9.18 Å². The second kappa shape index (κ2) is 3.62. The van der Waals surface area contributed by atoms with Gasteiger partial charge < -0.3 is 10.6 Å². The molecule has 0 aliphatic carbocycles. The summed E-state index contributed by atoms with van der Waals surface area (Å²) >= 11 is 0. The van der Waals surface area contributed by atoms with Crippen LogP contribution < -0.4 is 10.6 Å². The second-order valence-electron chi connectivity index (χ2n) is 3.82. The molecule has 80 valence electrons. The standard InChI is InChI=1S/C11H13FN2O/c1-14-10-5-3-8(12)6-7(10)2-4-9(13)11(14)15/h3,5-6,9H,2,4,13H2,1H3. The van der Waals surface area contributed by atoms with Crippen LogP contribution in [0.5, 0.6) is 0 Å². The monoisotopic (exact) mass is 208 g/mol. The topological polar surface area (TPSA) is 46.3 Å². The van der Waals surface area contributed by atoms with Crippen LogP contribution in [-0.2, 0) is 11.2 Å². The van der Waals surface area contributed by atoms with Gasteiger partial charge in [0, 0.05) is 12.7 Å². The van der Waals surface area contributed by atoms with E-state index in [1.807, 2.05) is 0 Å². The Bertz CT molecular complexity index is 406. The predicted molar refractivity (Wildman–Crippen MR) is 56.1 cm³/mol. The van der Waals surface area contributed by atoms with Crippen molar-refractivity contribution in [1.29, 1.82) is 0 Å². The largest absolute Gasteiger partial charge is 0.320 e. The van der Waals surface area contributed by atoms with Crippen molar-refractivity contribution in [2.75, 3.05) is 11.9 Å². The van der Waals surface area contributed by atoms with Crippen LogP contribution in [0.4, 0.5) is 10.1 Å². The first-order valence-corrected chi connectivity index (χ1v) is 4.91. The Morgan fingerprint density at radius 1 is 1.53 bits per heavy atom. The highest BCUT2D eigenvalue weighted by Gasteiger charge is 2.25. The first-order chi connectivity index (χ1) is 7.09. The lowest BCUT2D eigenvalue weighted by Gasteiger charge is -2.19. The number of carbonyl (C=O) groups excluding carboxylic acids is 1. The van der Waals surface area contributed by atoms with Crippen LogP contribution in [0.25, 0.3) is 0 Å². The van der Waals surface area contributed by atoms with Crippen LogP contribution >= 0.6 is 0 Å². The van der Waals surface area contributed by atoms with Gasteiger partial charge in [-0.25, -0.2) is 4.39 Å². The van der Waals surface area contributed by atoms with E-state index >= 15 is 0 Å². The van der Waals surface area contributed by atoms with Gasteiger partial charge in [0.15, 0.2) is 0 Å². The summed E-state index contributed by atoms with van der Waals surface area (Å²) in [6.07, 6.45) is 1.21. The lowest BCUT2D eigenvalue weighted by atomic mass is 10.1. The molecule has 0 saturated heterocycles. The van der Waals surface area contributed by atoms with E-state index in [9.17, 15) is 9.18 Å². The number of nitrogens with two attached hydrogens (primary N) is 1. The van der Waals surface area contributed by atoms with Gasteiger partial charge in [-0.15, -0.1) is 0 Å². The van der Waals surface area contributed by atoms with Crippen molar-refractivity contribution in [3.05, 3.63) is 29.6 Å². The summed E-state index contributed by atoms with van der Waals surface area (Å²) in [7, 11) is 1.67. The number of likely N-dealkylation sites (N-methyl/N-ethyl adjacent to an activating group) is 1. The molecule has 1 unspecified atom stereocenters. The Morgan fingerprint density at radius 3 is 3.00 bits per heavy atom. The highest BCUT2D eigenvalue weighted by atomic mass is 19.1. The van der Waals surface area contributed by atoms with Gasteiger partial charge in [-0.3, -0.25) is 4.79 Å². The van der Waals surface area contributed by atoms with Gasteiger partial charge in [-0.05, 0) is 36.6 Å². The van der Waals surface area contributed by atoms with E-state index in [4.69, 9.17) is 5.73 Å². The maximum atomic E-state index is 13.0. The van der Waals surface area contributed by atoms with Crippen LogP contribution in [0, 0.1) is 5.82 Å². The lowest BCUT2D eigenvalue weighted by molar-refractivity contribution is -0.119. The van der Waals surface area contributed by atoms with Gasteiger partial charge in [0.2, 0.25) is 5.91 Å². The number of fused-ring (bicyclic) bond motifs is 1. The van der Waals surface area contributed by atoms with Gasteiger partial charge in [0.1, 0.15) is 5.82 Å². The molecular weight excluding hydrogens is 195 g/mol. The first-order valence-electron chi connectivity index (χ1n) is 4.91. The van der Waals surface area contributed by atoms with Crippen molar-refractivity contribution in [2.24, 2.45) is 5.73 Å². The quantitative estimate of drug-likeness (QED) is 0.693. The molecule has 0 spiro atoms. The van der Waals surface area contributed by atoms with Crippen LogP contribution in [0.3, 0.4) is 0 Å². The van der Waals surface area contributed by atoms with Crippen molar-refractivity contribution in [1.82, 2.24) is 0 Å². The van der Waals surface area contributed by atoms with E-state index < -0.39 is 6.04 Å². The fraction of sp³-hybridized carbons (Fsp3) is 0.364. The molecule has 0 fully saturated rings. The molecule has 15 heavy (non-hydrogen) atoms. The Balaban J connectivity index is 2.47. The molecule has 1 amide bonds. The zero-order valence-electron chi connectivity index (χ0n) is 8.53. The summed E-state index contributed by atoms with van der Waals surface area (Å²) in [6, 6.07) is 3.97. The van der Waals surface area contributed by atoms with Crippen molar-refractivity contribution in [3.63, 3.8) is 0 Å². The zero-order valence-corrected chi connectivity index (χ0v) is 8.53.